The van der Waals surface area contributed by atoms with E-state index in [1.807, 2.05) is 30.3 Å². The molecule has 2 aromatic carbocycles. The van der Waals surface area contributed by atoms with Crippen LogP contribution < -0.4 is 0 Å². The van der Waals surface area contributed by atoms with Crippen LogP contribution in [0.15, 0.2) is 42.5 Å². The lowest BCUT2D eigenvalue weighted by atomic mass is 9.92. The second-order valence-corrected chi connectivity index (χ2v) is 6.32. The summed E-state index contributed by atoms with van der Waals surface area (Å²) in [5.74, 6) is -0.877. The van der Waals surface area contributed by atoms with Gasteiger partial charge in [-0.3, -0.25) is 4.79 Å². The first kappa shape index (κ1) is 15.1. The number of aliphatic carboxylic acids is 1. The number of carbonyl (C=O) groups is 1. The molecular weight excluding hydrogens is 300 g/mol. The van der Waals surface area contributed by atoms with Gasteiger partial charge in [-0.2, -0.15) is 0 Å². The summed E-state index contributed by atoms with van der Waals surface area (Å²) in [7, 11) is 0. The maximum absolute atomic E-state index is 11.0. The zero-order valence-corrected chi connectivity index (χ0v) is 12.8. The van der Waals surface area contributed by atoms with E-state index in [9.17, 15) is 9.90 Å². The fourth-order valence-electron chi connectivity index (χ4n) is 2.85. The first-order valence-corrected chi connectivity index (χ1v) is 7.64. The summed E-state index contributed by atoms with van der Waals surface area (Å²) < 4.78 is 0. The maximum Gasteiger partial charge on any atom is 0.307 e. The van der Waals surface area contributed by atoms with Crippen molar-refractivity contribution in [1.29, 1.82) is 0 Å². The Morgan fingerprint density at radius 3 is 2.36 bits per heavy atom. The van der Waals surface area contributed by atoms with Crippen molar-refractivity contribution in [2.75, 3.05) is 6.61 Å². The van der Waals surface area contributed by atoms with E-state index >= 15 is 0 Å². The van der Waals surface area contributed by atoms with Gasteiger partial charge in [-0.1, -0.05) is 41.9 Å². The molecule has 0 bridgehead atoms. The number of halogens is 1. The molecule has 3 rings (SSSR count). The highest BCUT2D eigenvalue weighted by Crippen LogP contribution is 2.47. The molecule has 22 heavy (non-hydrogen) atoms. The molecule has 0 amide bonds. The van der Waals surface area contributed by atoms with Crippen LogP contribution >= 0.6 is 11.6 Å². The second kappa shape index (κ2) is 5.75. The monoisotopic (exact) mass is 316 g/mol. The van der Waals surface area contributed by atoms with Gasteiger partial charge in [-0.15, -0.1) is 0 Å². The summed E-state index contributed by atoms with van der Waals surface area (Å²) in [5, 5.41) is 19.1. The first-order valence-electron chi connectivity index (χ1n) is 7.26. The highest BCUT2D eigenvalue weighted by atomic mass is 35.5. The van der Waals surface area contributed by atoms with Crippen molar-refractivity contribution >= 4 is 17.6 Å². The van der Waals surface area contributed by atoms with Crippen molar-refractivity contribution in [3.8, 4) is 11.1 Å². The van der Waals surface area contributed by atoms with Crippen LogP contribution in [-0.2, 0) is 16.6 Å². The molecule has 0 aromatic heterocycles. The quantitative estimate of drug-likeness (QED) is 0.885. The lowest BCUT2D eigenvalue weighted by Crippen LogP contribution is -2.11. The summed E-state index contributed by atoms with van der Waals surface area (Å²) in [6.07, 6.45) is 1.99. The largest absolute Gasteiger partial charge is 0.481 e. The smallest absolute Gasteiger partial charge is 0.307 e. The Balaban J connectivity index is 1.95. The molecule has 1 aliphatic carbocycles. The Morgan fingerprint density at radius 2 is 1.82 bits per heavy atom. The predicted octanol–water partition coefficient (Wildman–Crippen LogP) is 3.66. The molecule has 1 aliphatic rings. The summed E-state index contributed by atoms with van der Waals surface area (Å²) >= 11 is 5.98. The van der Waals surface area contributed by atoms with E-state index in [-0.39, 0.29) is 18.4 Å². The lowest BCUT2D eigenvalue weighted by molar-refractivity contribution is -0.136. The normalized spacial score (nSPS) is 15.5. The van der Waals surface area contributed by atoms with Gasteiger partial charge >= 0.3 is 5.97 Å². The van der Waals surface area contributed by atoms with Gasteiger partial charge in [0.1, 0.15) is 0 Å². The average molecular weight is 317 g/mol. The molecule has 0 unspecified atom stereocenters. The fourth-order valence-corrected chi connectivity index (χ4v) is 3.04. The summed E-state index contributed by atoms with van der Waals surface area (Å²) in [5.41, 5.74) is 3.64. The molecule has 0 atom stereocenters. The molecule has 1 saturated carbocycles. The third-order valence-electron chi connectivity index (χ3n) is 4.37. The molecule has 3 nitrogen and oxygen atoms in total. The Morgan fingerprint density at radius 1 is 1.14 bits per heavy atom. The van der Waals surface area contributed by atoms with Gasteiger partial charge in [-0.25, -0.2) is 0 Å². The number of hydrogen-bond donors (Lipinski definition) is 2. The average Bonchev–Trinajstić information content (AvgIpc) is 3.28. The van der Waals surface area contributed by atoms with Crippen molar-refractivity contribution < 1.29 is 15.0 Å². The standard InChI is InChI=1S/C18H17ClO3/c19-15-5-6-16(13(9-15)10-17(21)22)12-1-3-14(4-2-12)18(11-20)7-8-18/h1-6,9,20H,7-8,10-11H2,(H,21,22). The number of rotatable bonds is 5. The Labute approximate surface area is 134 Å². The lowest BCUT2D eigenvalue weighted by Gasteiger charge is -2.14. The van der Waals surface area contributed by atoms with E-state index in [4.69, 9.17) is 16.7 Å². The van der Waals surface area contributed by atoms with Crippen molar-refractivity contribution in [3.63, 3.8) is 0 Å². The zero-order chi connectivity index (χ0) is 15.7. The summed E-state index contributed by atoms with van der Waals surface area (Å²) in [6.45, 7) is 0.178. The summed E-state index contributed by atoms with van der Waals surface area (Å²) in [4.78, 5) is 11.0. The van der Waals surface area contributed by atoms with E-state index in [0.717, 1.165) is 29.5 Å². The highest BCUT2D eigenvalue weighted by Gasteiger charge is 2.43. The Hall–Kier alpha value is -1.84. The van der Waals surface area contributed by atoms with Gasteiger partial charge in [0, 0.05) is 10.4 Å². The highest BCUT2D eigenvalue weighted by molar-refractivity contribution is 6.30. The number of carboxylic acid groups (broad SMARTS) is 1. The number of aliphatic hydroxyl groups is 1. The molecule has 0 radical (unpaired) electrons. The number of aliphatic hydroxyl groups excluding tert-OH is 1. The summed E-state index contributed by atoms with van der Waals surface area (Å²) in [6, 6.07) is 13.4. The van der Waals surface area contributed by atoms with Gasteiger partial charge in [0.25, 0.3) is 0 Å². The second-order valence-electron chi connectivity index (χ2n) is 5.89. The van der Waals surface area contributed by atoms with Crippen LogP contribution in [0.1, 0.15) is 24.0 Å². The van der Waals surface area contributed by atoms with Gasteiger partial charge in [0.15, 0.2) is 0 Å². The minimum absolute atomic E-state index is 0.0532. The van der Waals surface area contributed by atoms with Crippen LogP contribution in [0.4, 0.5) is 0 Å². The van der Waals surface area contributed by atoms with Gasteiger partial charge in [-0.05, 0) is 47.2 Å². The third-order valence-corrected chi connectivity index (χ3v) is 4.61. The van der Waals surface area contributed by atoms with Crippen LogP contribution in [0.2, 0.25) is 5.02 Å². The van der Waals surface area contributed by atoms with Crippen molar-refractivity contribution in [1.82, 2.24) is 0 Å². The number of benzene rings is 2. The van der Waals surface area contributed by atoms with E-state index < -0.39 is 5.97 Å². The Kier molecular flexibility index (Phi) is 3.94. The topological polar surface area (TPSA) is 57.5 Å². The molecule has 0 saturated heterocycles. The van der Waals surface area contributed by atoms with Crippen LogP contribution in [0.25, 0.3) is 11.1 Å². The van der Waals surface area contributed by atoms with Crippen LogP contribution in [0.5, 0.6) is 0 Å². The Bertz CT molecular complexity index is 703. The van der Waals surface area contributed by atoms with E-state index in [1.54, 1.807) is 12.1 Å². The van der Waals surface area contributed by atoms with Crippen molar-refractivity contribution in [2.45, 2.75) is 24.7 Å². The predicted molar refractivity (Wildman–Crippen MR) is 86.2 cm³/mol. The van der Waals surface area contributed by atoms with E-state index in [0.29, 0.717) is 10.6 Å². The molecular formula is C18H17ClO3. The van der Waals surface area contributed by atoms with Gasteiger partial charge < -0.3 is 10.2 Å². The van der Waals surface area contributed by atoms with Crippen LogP contribution in [0, 0.1) is 0 Å². The first-order chi connectivity index (χ1) is 10.5. The zero-order valence-electron chi connectivity index (χ0n) is 12.1. The van der Waals surface area contributed by atoms with Crippen molar-refractivity contribution in [2.24, 2.45) is 0 Å². The maximum atomic E-state index is 11.0. The number of hydrogen-bond acceptors (Lipinski definition) is 2. The molecule has 2 aromatic rings. The SMILES string of the molecule is O=C(O)Cc1cc(Cl)ccc1-c1ccc(C2(CO)CC2)cc1. The molecule has 4 heteroatoms. The molecule has 2 N–H and O–H groups in total. The molecule has 1 fully saturated rings. The van der Waals surface area contributed by atoms with Crippen molar-refractivity contribution in [3.05, 3.63) is 58.6 Å². The molecule has 114 valence electrons. The minimum atomic E-state index is -0.877. The molecule has 0 aliphatic heterocycles. The third kappa shape index (κ3) is 2.87. The number of carboxylic acids is 1. The molecule has 0 spiro atoms. The van der Waals surface area contributed by atoms with Crippen LogP contribution in [-0.4, -0.2) is 22.8 Å². The van der Waals surface area contributed by atoms with Gasteiger partial charge in [0.2, 0.25) is 0 Å². The van der Waals surface area contributed by atoms with Gasteiger partial charge in [0.05, 0.1) is 13.0 Å². The minimum Gasteiger partial charge on any atom is -0.481 e. The molecule has 0 heterocycles. The fraction of sp³-hybridized carbons (Fsp3) is 0.278. The van der Waals surface area contributed by atoms with Crippen LogP contribution in [0.3, 0.4) is 0 Å². The van der Waals surface area contributed by atoms with E-state index in [1.165, 1.54) is 0 Å². The van der Waals surface area contributed by atoms with E-state index in [2.05, 4.69) is 0 Å².